The number of isocyanates is 1. The molecule has 5 heteroatoms. The van der Waals surface area contributed by atoms with Crippen LogP contribution < -0.4 is 14.2 Å². The van der Waals surface area contributed by atoms with Crippen LogP contribution in [0, 0.1) is 0 Å². The summed E-state index contributed by atoms with van der Waals surface area (Å²) in [4.78, 5) is 15.1. The van der Waals surface area contributed by atoms with Crippen molar-refractivity contribution >= 4 is 6.08 Å². The number of rotatable bonds is 3. The van der Waals surface area contributed by atoms with Crippen molar-refractivity contribution in [2.24, 2.45) is 4.99 Å². The summed E-state index contributed by atoms with van der Waals surface area (Å²) in [6.45, 7) is 1.28. The molecule has 0 spiro atoms. The molecule has 0 N–H and O–H groups in total. The van der Waals surface area contributed by atoms with Crippen LogP contribution in [0.5, 0.6) is 17.2 Å². The zero-order valence-corrected chi connectivity index (χ0v) is 12.0. The van der Waals surface area contributed by atoms with Gasteiger partial charge in [0.15, 0.2) is 11.5 Å². The molecule has 0 bridgehead atoms. The van der Waals surface area contributed by atoms with Crippen LogP contribution in [-0.4, -0.2) is 26.4 Å². The van der Waals surface area contributed by atoms with Crippen LogP contribution in [0.15, 0.2) is 4.99 Å². The lowest BCUT2D eigenvalue weighted by atomic mass is 9.69. The molecule has 1 aliphatic carbocycles. The van der Waals surface area contributed by atoms with Gasteiger partial charge in [-0.25, -0.2) is 4.79 Å². The SMILES string of the molecule is COc1c2c(c(C3(N=C=O)CCC3)c3c1OCC3)OCC2. The van der Waals surface area contributed by atoms with E-state index in [1.165, 1.54) is 0 Å². The average Bonchev–Trinajstić information content (AvgIpc) is 3.09. The lowest BCUT2D eigenvalue weighted by molar-refractivity contribution is 0.241. The normalized spacial score (nSPS) is 20.4. The van der Waals surface area contributed by atoms with E-state index < -0.39 is 5.54 Å². The summed E-state index contributed by atoms with van der Waals surface area (Å²) in [7, 11) is 1.66. The second-order valence-corrected chi connectivity index (χ2v) is 5.81. The van der Waals surface area contributed by atoms with E-state index in [0.29, 0.717) is 13.2 Å². The maximum absolute atomic E-state index is 10.9. The van der Waals surface area contributed by atoms with Crippen molar-refractivity contribution in [2.45, 2.75) is 37.6 Å². The van der Waals surface area contributed by atoms with Crippen LogP contribution in [0.2, 0.25) is 0 Å². The van der Waals surface area contributed by atoms with Crippen molar-refractivity contribution in [3.05, 3.63) is 16.7 Å². The summed E-state index contributed by atoms with van der Waals surface area (Å²) in [6.07, 6.45) is 6.20. The molecule has 5 nitrogen and oxygen atoms in total. The number of fused-ring (bicyclic) bond motifs is 2. The van der Waals surface area contributed by atoms with Gasteiger partial charge >= 0.3 is 0 Å². The Bertz CT molecular complexity index is 622. The summed E-state index contributed by atoms with van der Waals surface area (Å²) in [5.41, 5.74) is 2.75. The topological polar surface area (TPSA) is 57.1 Å². The molecule has 0 atom stereocenters. The fourth-order valence-electron chi connectivity index (χ4n) is 3.79. The highest BCUT2D eigenvalue weighted by atomic mass is 16.5. The molecule has 0 saturated heterocycles. The van der Waals surface area contributed by atoms with Gasteiger partial charge in [0.25, 0.3) is 0 Å². The summed E-state index contributed by atoms with van der Waals surface area (Å²) in [5.74, 6) is 2.49. The third-order valence-corrected chi connectivity index (χ3v) is 4.86. The number of nitrogens with zero attached hydrogens (tertiary/aromatic N) is 1. The lowest BCUT2D eigenvalue weighted by Crippen LogP contribution is -2.33. The molecular formula is C16H17NO4. The van der Waals surface area contributed by atoms with E-state index in [1.54, 1.807) is 13.2 Å². The van der Waals surface area contributed by atoms with E-state index in [1.807, 2.05) is 0 Å². The third-order valence-electron chi connectivity index (χ3n) is 4.86. The Labute approximate surface area is 122 Å². The first kappa shape index (κ1) is 12.7. The molecule has 1 fully saturated rings. The minimum atomic E-state index is -0.458. The number of benzene rings is 1. The molecule has 110 valence electrons. The zero-order valence-electron chi connectivity index (χ0n) is 12.0. The van der Waals surface area contributed by atoms with Crippen molar-refractivity contribution in [3.8, 4) is 17.2 Å². The summed E-state index contributed by atoms with van der Waals surface area (Å²) in [5, 5.41) is 0. The summed E-state index contributed by atoms with van der Waals surface area (Å²) in [6, 6.07) is 0. The second-order valence-electron chi connectivity index (χ2n) is 5.81. The Hall–Kier alpha value is -2.00. The number of hydrogen-bond acceptors (Lipinski definition) is 5. The van der Waals surface area contributed by atoms with Crippen molar-refractivity contribution in [1.82, 2.24) is 0 Å². The van der Waals surface area contributed by atoms with Gasteiger partial charge in [0.1, 0.15) is 11.3 Å². The van der Waals surface area contributed by atoms with E-state index >= 15 is 0 Å². The molecule has 1 aromatic rings. The van der Waals surface area contributed by atoms with E-state index in [4.69, 9.17) is 14.2 Å². The average molecular weight is 287 g/mol. The third kappa shape index (κ3) is 1.58. The number of methoxy groups -OCH3 is 1. The molecule has 0 unspecified atom stereocenters. The van der Waals surface area contributed by atoms with Crippen LogP contribution in [0.1, 0.15) is 36.0 Å². The van der Waals surface area contributed by atoms with Crippen LogP contribution in [0.3, 0.4) is 0 Å². The standard InChI is InChI=1S/C16H17NO4/c1-19-14-11-4-8-20-13(11)12(10-3-7-21-15(10)14)16(17-9-18)5-2-6-16/h2-8H2,1H3. The Kier molecular flexibility index (Phi) is 2.73. The molecular weight excluding hydrogens is 270 g/mol. The zero-order chi connectivity index (χ0) is 14.4. The van der Waals surface area contributed by atoms with Gasteiger partial charge in [0, 0.05) is 29.5 Å². The fraction of sp³-hybridized carbons (Fsp3) is 0.562. The number of aliphatic imine (C=N–C) groups is 1. The van der Waals surface area contributed by atoms with E-state index in [9.17, 15) is 4.79 Å². The Morgan fingerprint density at radius 3 is 2.48 bits per heavy atom. The first-order valence-corrected chi connectivity index (χ1v) is 7.41. The number of carbonyl (C=O) groups excluding carboxylic acids is 1. The molecule has 21 heavy (non-hydrogen) atoms. The number of ether oxygens (including phenoxy) is 3. The monoisotopic (exact) mass is 287 g/mol. The fourth-order valence-corrected chi connectivity index (χ4v) is 3.79. The molecule has 2 aliphatic heterocycles. The molecule has 0 aromatic heterocycles. The molecule has 2 heterocycles. The maximum atomic E-state index is 10.9. The number of hydrogen-bond donors (Lipinski definition) is 0. The first-order chi connectivity index (χ1) is 10.3. The van der Waals surface area contributed by atoms with E-state index in [2.05, 4.69) is 4.99 Å². The van der Waals surface area contributed by atoms with Crippen molar-refractivity contribution in [3.63, 3.8) is 0 Å². The molecule has 4 rings (SSSR count). The van der Waals surface area contributed by atoms with Crippen LogP contribution in [-0.2, 0) is 23.2 Å². The van der Waals surface area contributed by atoms with Gasteiger partial charge in [0.2, 0.25) is 6.08 Å². The van der Waals surface area contributed by atoms with Crippen LogP contribution >= 0.6 is 0 Å². The first-order valence-electron chi connectivity index (χ1n) is 7.41. The van der Waals surface area contributed by atoms with Crippen molar-refractivity contribution in [1.29, 1.82) is 0 Å². The summed E-state index contributed by atoms with van der Waals surface area (Å²) >= 11 is 0. The highest BCUT2D eigenvalue weighted by Crippen LogP contribution is 2.57. The second kappa shape index (κ2) is 4.50. The Morgan fingerprint density at radius 2 is 1.86 bits per heavy atom. The van der Waals surface area contributed by atoms with Crippen LogP contribution in [0.4, 0.5) is 0 Å². The summed E-state index contributed by atoms with van der Waals surface area (Å²) < 4.78 is 17.3. The quantitative estimate of drug-likeness (QED) is 0.632. The van der Waals surface area contributed by atoms with Crippen molar-refractivity contribution in [2.75, 3.05) is 20.3 Å². The van der Waals surface area contributed by atoms with Gasteiger partial charge in [-0.1, -0.05) is 0 Å². The van der Waals surface area contributed by atoms with Gasteiger partial charge in [-0.3, -0.25) is 0 Å². The van der Waals surface area contributed by atoms with Crippen molar-refractivity contribution < 1.29 is 19.0 Å². The van der Waals surface area contributed by atoms with Gasteiger partial charge < -0.3 is 14.2 Å². The largest absolute Gasteiger partial charge is 0.492 e. The lowest BCUT2D eigenvalue weighted by Gasteiger charge is -2.39. The predicted octanol–water partition coefficient (Wildman–Crippen LogP) is 2.28. The van der Waals surface area contributed by atoms with E-state index in [-0.39, 0.29) is 0 Å². The minimum absolute atomic E-state index is 0.458. The predicted molar refractivity (Wildman–Crippen MR) is 75.0 cm³/mol. The van der Waals surface area contributed by atoms with Gasteiger partial charge in [-0.15, -0.1) is 0 Å². The molecule has 1 saturated carbocycles. The molecule has 0 amide bonds. The maximum Gasteiger partial charge on any atom is 0.235 e. The Balaban J connectivity index is 2.02. The molecule has 0 radical (unpaired) electrons. The minimum Gasteiger partial charge on any atom is -0.492 e. The highest BCUT2D eigenvalue weighted by molar-refractivity contribution is 5.68. The Morgan fingerprint density at radius 1 is 1.14 bits per heavy atom. The highest BCUT2D eigenvalue weighted by Gasteiger charge is 2.47. The smallest absolute Gasteiger partial charge is 0.235 e. The van der Waals surface area contributed by atoms with E-state index in [0.717, 1.165) is 66.0 Å². The molecule has 3 aliphatic rings. The van der Waals surface area contributed by atoms with Gasteiger partial charge in [-0.05, 0) is 19.3 Å². The molecule has 1 aromatic carbocycles. The van der Waals surface area contributed by atoms with Crippen LogP contribution in [0.25, 0.3) is 0 Å². The van der Waals surface area contributed by atoms with Gasteiger partial charge in [-0.2, -0.15) is 4.99 Å². The van der Waals surface area contributed by atoms with Gasteiger partial charge in [0.05, 0.1) is 20.3 Å².